The molecule has 0 saturated carbocycles. The number of nitrogens with one attached hydrogen (secondary N) is 2. The Morgan fingerprint density at radius 1 is 1.24 bits per heavy atom. The molecular formula is C19H30IN3O2. The summed E-state index contributed by atoms with van der Waals surface area (Å²) < 4.78 is 11.6. The maximum absolute atomic E-state index is 5.88. The van der Waals surface area contributed by atoms with Gasteiger partial charge in [-0.3, -0.25) is 4.99 Å². The largest absolute Gasteiger partial charge is 0.494 e. The molecule has 0 spiro atoms. The zero-order valence-corrected chi connectivity index (χ0v) is 17.5. The molecule has 2 saturated heterocycles. The fraction of sp³-hybridized carbons (Fsp3) is 0.632. The molecule has 3 unspecified atom stereocenters. The van der Waals surface area contributed by atoms with E-state index in [-0.39, 0.29) is 24.0 Å². The Kier molecular flexibility index (Phi) is 8.29. The van der Waals surface area contributed by atoms with Crippen molar-refractivity contribution in [2.24, 2.45) is 4.99 Å². The zero-order chi connectivity index (χ0) is 16.8. The summed E-state index contributed by atoms with van der Waals surface area (Å²) in [5.74, 6) is 1.83. The van der Waals surface area contributed by atoms with E-state index in [1.54, 1.807) is 0 Å². The normalized spacial score (nSPS) is 24.7. The van der Waals surface area contributed by atoms with Gasteiger partial charge in [-0.15, -0.1) is 24.0 Å². The van der Waals surface area contributed by atoms with Gasteiger partial charge >= 0.3 is 0 Å². The number of benzene rings is 1. The minimum Gasteiger partial charge on any atom is -0.494 e. The van der Waals surface area contributed by atoms with Crippen LogP contribution in [-0.4, -0.2) is 44.4 Å². The average Bonchev–Trinajstić information content (AvgIpc) is 3.21. The first-order valence-corrected chi connectivity index (χ1v) is 9.06. The molecular weight excluding hydrogens is 429 g/mol. The van der Waals surface area contributed by atoms with Crippen LogP contribution in [0.2, 0.25) is 0 Å². The van der Waals surface area contributed by atoms with Crippen molar-refractivity contribution in [3.63, 3.8) is 0 Å². The van der Waals surface area contributed by atoms with Crippen LogP contribution in [0, 0.1) is 6.92 Å². The Bertz CT molecular complexity index is 550. The lowest BCUT2D eigenvalue weighted by Crippen LogP contribution is -2.47. The average molecular weight is 459 g/mol. The molecule has 2 aliphatic heterocycles. The van der Waals surface area contributed by atoms with Gasteiger partial charge in [0.25, 0.3) is 0 Å². The Morgan fingerprint density at radius 2 is 2.04 bits per heavy atom. The minimum atomic E-state index is 0. The fourth-order valence-electron chi connectivity index (χ4n) is 3.42. The van der Waals surface area contributed by atoms with Crippen LogP contribution in [0.25, 0.3) is 0 Å². The van der Waals surface area contributed by atoms with Crippen molar-refractivity contribution in [1.82, 2.24) is 10.6 Å². The Hall–Kier alpha value is -1.02. The van der Waals surface area contributed by atoms with Gasteiger partial charge in [0.15, 0.2) is 5.96 Å². The Morgan fingerprint density at radius 3 is 2.68 bits per heavy atom. The lowest BCUT2D eigenvalue weighted by atomic mass is 9.96. The van der Waals surface area contributed by atoms with Crippen molar-refractivity contribution in [1.29, 1.82) is 0 Å². The molecule has 5 nitrogen and oxygen atoms in total. The van der Waals surface area contributed by atoms with E-state index in [9.17, 15) is 0 Å². The van der Waals surface area contributed by atoms with Crippen LogP contribution in [0.15, 0.2) is 29.3 Å². The van der Waals surface area contributed by atoms with Gasteiger partial charge in [0.2, 0.25) is 0 Å². The SMILES string of the molecule is CN=C(NCCCCOc1ccc(C)cc1)NC1CC2CCC1O2.I. The van der Waals surface area contributed by atoms with Crippen molar-refractivity contribution in [3.8, 4) is 5.75 Å². The predicted molar refractivity (Wildman–Crippen MR) is 112 cm³/mol. The second-order valence-corrected chi connectivity index (χ2v) is 6.73. The molecule has 140 valence electrons. The predicted octanol–water partition coefficient (Wildman–Crippen LogP) is 3.26. The standard InChI is InChI=1S/C19H29N3O2.HI/c1-14-5-7-15(8-6-14)23-12-4-3-11-21-19(20-2)22-17-13-16-9-10-18(17)24-16;/h5-8,16-18H,3-4,9-13H2,1-2H3,(H2,20,21,22);1H. The van der Waals surface area contributed by atoms with Crippen LogP contribution in [0.4, 0.5) is 0 Å². The summed E-state index contributed by atoms with van der Waals surface area (Å²) in [5.41, 5.74) is 1.26. The van der Waals surface area contributed by atoms with E-state index >= 15 is 0 Å². The van der Waals surface area contributed by atoms with Crippen LogP contribution in [0.1, 0.15) is 37.7 Å². The van der Waals surface area contributed by atoms with Gasteiger partial charge < -0.3 is 20.1 Å². The number of hydrogen-bond acceptors (Lipinski definition) is 3. The molecule has 0 amide bonds. The first-order chi connectivity index (χ1) is 11.7. The van der Waals surface area contributed by atoms with Crippen LogP contribution < -0.4 is 15.4 Å². The van der Waals surface area contributed by atoms with Gasteiger partial charge in [-0.05, 0) is 51.2 Å². The smallest absolute Gasteiger partial charge is 0.191 e. The first kappa shape index (κ1) is 20.3. The summed E-state index contributed by atoms with van der Waals surface area (Å²) in [7, 11) is 1.82. The third-order valence-corrected chi connectivity index (χ3v) is 4.81. The number of aryl methyl sites for hydroxylation is 1. The number of rotatable bonds is 7. The molecule has 0 radical (unpaired) electrons. The second kappa shape index (κ2) is 10.2. The highest BCUT2D eigenvalue weighted by Crippen LogP contribution is 2.34. The Balaban J connectivity index is 0.00000225. The number of hydrogen-bond donors (Lipinski definition) is 2. The quantitative estimate of drug-likeness (QED) is 0.285. The molecule has 2 fully saturated rings. The van der Waals surface area contributed by atoms with E-state index in [1.807, 2.05) is 19.2 Å². The molecule has 0 aliphatic carbocycles. The molecule has 0 aromatic heterocycles. The van der Waals surface area contributed by atoms with Crippen LogP contribution in [0.5, 0.6) is 5.75 Å². The number of guanidine groups is 1. The van der Waals surface area contributed by atoms with E-state index < -0.39 is 0 Å². The zero-order valence-electron chi connectivity index (χ0n) is 15.2. The summed E-state index contributed by atoms with van der Waals surface area (Å²) in [6.45, 7) is 3.73. The first-order valence-electron chi connectivity index (χ1n) is 9.06. The van der Waals surface area contributed by atoms with Gasteiger partial charge in [-0.25, -0.2) is 0 Å². The number of ether oxygens (including phenoxy) is 2. The van der Waals surface area contributed by atoms with E-state index in [4.69, 9.17) is 9.47 Å². The van der Waals surface area contributed by atoms with Gasteiger partial charge in [-0.2, -0.15) is 0 Å². The lowest BCUT2D eigenvalue weighted by molar-refractivity contribution is 0.0992. The molecule has 2 aliphatic rings. The summed E-state index contributed by atoms with van der Waals surface area (Å²) in [6, 6.07) is 8.62. The number of fused-ring (bicyclic) bond motifs is 2. The molecule has 2 heterocycles. The number of unbranched alkanes of at least 4 members (excludes halogenated alkanes) is 1. The fourth-order valence-corrected chi connectivity index (χ4v) is 3.42. The van der Waals surface area contributed by atoms with Gasteiger partial charge in [0.05, 0.1) is 24.9 Å². The number of aliphatic imine (C=N–C) groups is 1. The monoisotopic (exact) mass is 459 g/mol. The van der Waals surface area contributed by atoms with Crippen molar-refractivity contribution < 1.29 is 9.47 Å². The topological polar surface area (TPSA) is 54.9 Å². The van der Waals surface area contributed by atoms with Crippen LogP contribution in [-0.2, 0) is 4.74 Å². The Labute approximate surface area is 168 Å². The summed E-state index contributed by atoms with van der Waals surface area (Å²) in [4.78, 5) is 4.32. The van der Waals surface area contributed by atoms with Crippen LogP contribution in [0.3, 0.4) is 0 Å². The molecule has 2 bridgehead atoms. The maximum atomic E-state index is 5.88. The van der Waals surface area contributed by atoms with Crippen LogP contribution >= 0.6 is 24.0 Å². The molecule has 1 aromatic carbocycles. The van der Waals surface area contributed by atoms with Gasteiger partial charge in [-0.1, -0.05) is 17.7 Å². The second-order valence-electron chi connectivity index (χ2n) is 6.73. The number of halogens is 1. The summed E-state index contributed by atoms with van der Waals surface area (Å²) in [5, 5.41) is 6.89. The lowest BCUT2D eigenvalue weighted by Gasteiger charge is -2.22. The van der Waals surface area contributed by atoms with Crippen molar-refractivity contribution in [2.45, 2.75) is 57.3 Å². The highest BCUT2D eigenvalue weighted by Gasteiger charge is 2.41. The van der Waals surface area contributed by atoms with E-state index in [2.05, 4.69) is 34.7 Å². The highest BCUT2D eigenvalue weighted by atomic mass is 127. The van der Waals surface area contributed by atoms with Crippen molar-refractivity contribution in [3.05, 3.63) is 29.8 Å². The summed E-state index contributed by atoms with van der Waals surface area (Å²) >= 11 is 0. The number of nitrogens with zero attached hydrogens (tertiary/aromatic N) is 1. The van der Waals surface area contributed by atoms with Gasteiger partial charge in [0, 0.05) is 13.6 Å². The van der Waals surface area contributed by atoms with E-state index in [0.29, 0.717) is 18.2 Å². The van der Waals surface area contributed by atoms with Crippen molar-refractivity contribution in [2.75, 3.05) is 20.2 Å². The molecule has 3 rings (SSSR count). The highest BCUT2D eigenvalue weighted by molar-refractivity contribution is 14.0. The van der Waals surface area contributed by atoms with E-state index in [1.165, 1.54) is 18.4 Å². The third kappa shape index (κ3) is 6.02. The molecule has 1 aromatic rings. The third-order valence-electron chi connectivity index (χ3n) is 4.81. The van der Waals surface area contributed by atoms with Gasteiger partial charge in [0.1, 0.15) is 5.75 Å². The summed E-state index contributed by atoms with van der Waals surface area (Å²) in [6.07, 6.45) is 6.41. The van der Waals surface area contributed by atoms with Crippen molar-refractivity contribution >= 4 is 29.9 Å². The molecule has 3 atom stereocenters. The molecule has 6 heteroatoms. The molecule has 25 heavy (non-hydrogen) atoms. The van der Waals surface area contributed by atoms with E-state index in [0.717, 1.165) is 44.1 Å². The maximum Gasteiger partial charge on any atom is 0.191 e. The minimum absolute atomic E-state index is 0. The molecule has 2 N–H and O–H groups in total.